The van der Waals surface area contributed by atoms with Gasteiger partial charge in [0.05, 0.1) is 12.3 Å². The number of rotatable bonds is 4. The van der Waals surface area contributed by atoms with Crippen molar-refractivity contribution in [3.05, 3.63) is 23.8 Å². The van der Waals surface area contributed by atoms with E-state index in [1.54, 1.807) is 0 Å². The molecule has 0 aromatic heterocycles. The molecule has 1 aliphatic rings. The summed E-state index contributed by atoms with van der Waals surface area (Å²) in [6.45, 7) is 2.96. The van der Waals surface area contributed by atoms with Crippen molar-refractivity contribution >= 4 is 5.69 Å². The predicted octanol–water partition coefficient (Wildman–Crippen LogP) is 3.01. The second kappa shape index (κ2) is 4.56. The number of benzene rings is 1. The van der Waals surface area contributed by atoms with Crippen molar-refractivity contribution in [3.63, 3.8) is 0 Å². The molecule has 2 rings (SSSR count). The Morgan fingerprint density at radius 2 is 2.20 bits per heavy atom. The second-order valence-corrected chi connectivity index (χ2v) is 4.33. The van der Waals surface area contributed by atoms with Crippen LogP contribution in [0.25, 0.3) is 0 Å². The van der Waals surface area contributed by atoms with Gasteiger partial charge in [-0.3, -0.25) is 0 Å². The Balaban J connectivity index is 1.95. The van der Waals surface area contributed by atoms with Crippen molar-refractivity contribution in [1.82, 2.24) is 0 Å². The molecule has 1 fully saturated rings. The Morgan fingerprint density at radius 1 is 1.40 bits per heavy atom. The maximum Gasteiger partial charge on any atom is 0.142 e. The third-order valence-corrected chi connectivity index (χ3v) is 3.18. The van der Waals surface area contributed by atoms with E-state index >= 15 is 0 Å². The Bertz CT molecular complexity index is 331. The maximum absolute atomic E-state index is 5.92. The zero-order valence-corrected chi connectivity index (χ0v) is 9.33. The molecule has 1 aromatic rings. The number of nitrogen functional groups attached to an aromatic ring is 1. The Morgan fingerprint density at radius 3 is 2.73 bits per heavy atom. The van der Waals surface area contributed by atoms with Gasteiger partial charge in [-0.05, 0) is 42.9 Å². The predicted molar refractivity (Wildman–Crippen MR) is 63.1 cm³/mol. The first-order valence-corrected chi connectivity index (χ1v) is 5.80. The summed E-state index contributed by atoms with van der Waals surface area (Å²) in [6, 6.07) is 6.09. The number of hydrogen-bond donors (Lipinski definition) is 1. The van der Waals surface area contributed by atoms with E-state index in [2.05, 4.69) is 13.0 Å². The van der Waals surface area contributed by atoms with Crippen LogP contribution >= 0.6 is 0 Å². The average molecular weight is 205 g/mol. The highest BCUT2D eigenvalue weighted by atomic mass is 16.5. The number of aryl methyl sites for hydroxylation is 1. The van der Waals surface area contributed by atoms with Gasteiger partial charge in [-0.15, -0.1) is 0 Å². The topological polar surface area (TPSA) is 35.2 Å². The third-order valence-electron chi connectivity index (χ3n) is 3.18. The molecule has 0 bridgehead atoms. The molecule has 1 aliphatic carbocycles. The van der Waals surface area contributed by atoms with Gasteiger partial charge in [-0.2, -0.15) is 0 Å². The fourth-order valence-electron chi connectivity index (χ4n) is 1.82. The Hall–Kier alpha value is -1.18. The first-order valence-electron chi connectivity index (χ1n) is 5.80. The summed E-state index contributed by atoms with van der Waals surface area (Å²) in [5.74, 6) is 1.61. The van der Waals surface area contributed by atoms with Gasteiger partial charge in [0, 0.05) is 0 Å². The summed E-state index contributed by atoms with van der Waals surface area (Å²) in [5.41, 5.74) is 7.96. The van der Waals surface area contributed by atoms with Crippen LogP contribution in [0.1, 0.15) is 31.7 Å². The lowest BCUT2D eigenvalue weighted by Crippen LogP contribution is -2.19. The highest BCUT2D eigenvalue weighted by Crippen LogP contribution is 2.29. The molecule has 15 heavy (non-hydrogen) atoms. The molecule has 0 unspecified atom stereocenters. The first-order chi connectivity index (χ1) is 7.29. The standard InChI is InChI=1S/C13H19NO/c1-2-10-6-7-13(12(14)8-10)15-9-11-4-3-5-11/h6-8,11H,2-5,9,14H2,1H3. The van der Waals surface area contributed by atoms with Crippen LogP contribution in [0.15, 0.2) is 18.2 Å². The molecule has 0 aliphatic heterocycles. The lowest BCUT2D eigenvalue weighted by Gasteiger charge is -2.25. The molecule has 0 radical (unpaired) electrons. The van der Waals surface area contributed by atoms with E-state index in [9.17, 15) is 0 Å². The molecule has 2 nitrogen and oxygen atoms in total. The first kappa shape index (κ1) is 10.3. The molecular formula is C13H19NO. The summed E-state index contributed by atoms with van der Waals surface area (Å²) in [5, 5.41) is 0. The van der Waals surface area contributed by atoms with Crippen molar-refractivity contribution in [2.24, 2.45) is 5.92 Å². The van der Waals surface area contributed by atoms with E-state index in [-0.39, 0.29) is 0 Å². The van der Waals surface area contributed by atoms with E-state index in [1.165, 1.54) is 24.8 Å². The Labute approximate surface area is 91.4 Å². The fraction of sp³-hybridized carbons (Fsp3) is 0.538. The molecule has 0 atom stereocenters. The summed E-state index contributed by atoms with van der Waals surface area (Å²) in [7, 11) is 0. The number of nitrogens with two attached hydrogens (primary N) is 1. The van der Waals surface area contributed by atoms with Gasteiger partial charge in [0.15, 0.2) is 0 Å². The molecule has 1 saturated carbocycles. The summed E-state index contributed by atoms with van der Waals surface area (Å²) >= 11 is 0. The minimum atomic E-state index is 0.759. The van der Waals surface area contributed by atoms with E-state index in [0.717, 1.165) is 30.4 Å². The fourth-order valence-corrected chi connectivity index (χ4v) is 1.82. The van der Waals surface area contributed by atoms with Gasteiger partial charge >= 0.3 is 0 Å². The SMILES string of the molecule is CCc1ccc(OCC2CCC2)c(N)c1. The van der Waals surface area contributed by atoms with Gasteiger partial charge in [-0.1, -0.05) is 19.4 Å². The zero-order valence-electron chi connectivity index (χ0n) is 9.33. The molecule has 0 amide bonds. The number of hydrogen-bond acceptors (Lipinski definition) is 2. The molecule has 1 aromatic carbocycles. The van der Waals surface area contributed by atoms with Crippen LogP contribution in [-0.2, 0) is 6.42 Å². The van der Waals surface area contributed by atoms with Crippen LogP contribution < -0.4 is 10.5 Å². The van der Waals surface area contributed by atoms with E-state index < -0.39 is 0 Å². The van der Waals surface area contributed by atoms with Crippen LogP contribution in [0.2, 0.25) is 0 Å². The van der Waals surface area contributed by atoms with Crippen LogP contribution in [0.4, 0.5) is 5.69 Å². The normalized spacial score (nSPS) is 16.1. The molecular weight excluding hydrogens is 186 g/mol. The molecule has 0 saturated heterocycles. The second-order valence-electron chi connectivity index (χ2n) is 4.33. The van der Waals surface area contributed by atoms with Crippen LogP contribution in [0.3, 0.4) is 0 Å². The molecule has 0 heterocycles. The van der Waals surface area contributed by atoms with Crippen molar-refractivity contribution in [3.8, 4) is 5.75 Å². The van der Waals surface area contributed by atoms with Crippen molar-refractivity contribution in [2.45, 2.75) is 32.6 Å². The third kappa shape index (κ3) is 2.44. The van der Waals surface area contributed by atoms with Gasteiger partial charge in [0.1, 0.15) is 5.75 Å². The minimum absolute atomic E-state index is 0.759. The lowest BCUT2D eigenvalue weighted by molar-refractivity contribution is 0.181. The molecule has 2 N–H and O–H groups in total. The summed E-state index contributed by atoms with van der Waals surface area (Å²) < 4.78 is 5.72. The highest BCUT2D eigenvalue weighted by molar-refractivity contribution is 5.54. The summed E-state index contributed by atoms with van der Waals surface area (Å²) in [4.78, 5) is 0. The zero-order chi connectivity index (χ0) is 10.7. The Kier molecular flexibility index (Phi) is 3.14. The van der Waals surface area contributed by atoms with Crippen LogP contribution in [0.5, 0.6) is 5.75 Å². The van der Waals surface area contributed by atoms with Crippen molar-refractivity contribution in [1.29, 1.82) is 0 Å². The van der Waals surface area contributed by atoms with Gasteiger partial charge in [-0.25, -0.2) is 0 Å². The quantitative estimate of drug-likeness (QED) is 0.767. The minimum Gasteiger partial charge on any atom is -0.491 e. The van der Waals surface area contributed by atoms with Crippen molar-refractivity contribution in [2.75, 3.05) is 12.3 Å². The van der Waals surface area contributed by atoms with Crippen LogP contribution in [-0.4, -0.2) is 6.61 Å². The monoisotopic (exact) mass is 205 g/mol. The largest absolute Gasteiger partial charge is 0.491 e. The lowest BCUT2D eigenvalue weighted by atomic mass is 9.86. The van der Waals surface area contributed by atoms with E-state index in [0.29, 0.717) is 0 Å². The van der Waals surface area contributed by atoms with Gasteiger partial charge < -0.3 is 10.5 Å². The average Bonchev–Trinajstić information content (AvgIpc) is 2.18. The molecule has 82 valence electrons. The van der Waals surface area contributed by atoms with E-state index in [4.69, 9.17) is 10.5 Å². The van der Waals surface area contributed by atoms with Gasteiger partial charge in [0.25, 0.3) is 0 Å². The summed E-state index contributed by atoms with van der Waals surface area (Å²) in [6.07, 6.45) is 5.01. The smallest absolute Gasteiger partial charge is 0.142 e. The number of ether oxygens (including phenoxy) is 1. The van der Waals surface area contributed by atoms with Crippen LogP contribution in [0, 0.1) is 5.92 Å². The van der Waals surface area contributed by atoms with E-state index in [1.807, 2.05) is 12.1 Å². The van der Waals surface area contributed by atoms with Gasteiger partial charge in [0.2, 0.25) is 0 Å². The molecule has 2 heteroatoms. The highest BCUT2D eigenvalue weighted by Gasteiger charge is 2.18. The molecule has 0 spiro atoms. The number of anilines is 1. The van der Waals surface area contributed by atoms with Crippen molar-refractivity contribution < 1.29 is 4.74 Å². The maximum atomic E-state index is 5.92.